The number of aliphatic hydroxyl groups excluding tert-OH is 1. The van der Waals surface area contributed by atoms with E-state index in [-0.39, 0.29) is 17.9 Å². The molecule has 21 heavy (non-hydrogen) atoms. The highest BCUT2D eigenvalue weighted by atomic mass is 16.2. The van der Waals surface area contributed by atoms with Crippen molar-refractivity contribution in [2.24, 2.45) is 5.41 Å². The smallest absolute Gasteiger partial charge is 0.228 e. The topological polar surface area (TPSA) is 40.5 Å². The Morgan fingerprint density at radius 1 is 1.33 bits per heavy atom. The van der Waals surface area contributed by atoms with Crippen LogP contribution in [0.4, 0.5) is 0 Å². The number of carbonyl (C=O) groups excluding carboxylic acids is 1. The van der Waals surface area contributed by atoms with E-state index in [0.29, 0.717) is 6.54 Å². The Morgan fingerprint density at radius 3 is 2.67 bits per heavy atom. The molecular formula is C18H23NO2. The number of aliphatic hydroxyl groups is 1. The van der Waals surface area contributed by atoms with Gasteiger partial charge in [0, 0.05) is 24.6 Å². The van der Waals surface area contributed by atoms with E-state index in [2.05, 4.69) is 18.8 Å². The fourth-order valence-corrected chi connectivity index (χ4v) is 3.07. The molecule has 1 amide bonds. The first-order valence-electron chi connectivity index (χ1n) is 7.50. The number of hydrogen-bond acceptors (Lipinski definition) is 2. The Hall–Kier alpha value is -1.79. The summed E-state index contributed by atoms with van der Waals surface area (Å²) in [4.78, 5) is 14.5. The molecule has 1 aliphatic carbocycles. The van der Waals surface area contributed by atoms with E-state index in [0.717, 1.165) is 36.8 Å². The van der Waals surface area contributed by atoms with E-state index >= 15 is 0 Å². The fourth-order valence-electron chi connectivity index (χ4n) is 3.07. The van der Waals surface area contributed by atoms with Crippen LogP contribution >= 0.6 is 0 Å². The molecule has 1 saturated carbocycles. The van der Waals surface area contributed by atoms with Gasteiger partial charge in [-0.25, -0.2) is 0 Å². The molecule has 0 aromatic heterocycles. The lowest BCUT2D eigenvalue weighted by Gasteiger charge is -2.29. The van der Waals surface area contributed by atoms with Gasteiger partial charge >= 0.3 is 0 Å². The number of benzene rings is 1. The highest BCUT2D eigenvalue weighted by Gasteiger charge is 2.38. The average Bonchev–Trinajstić information content (AvgIpc) is 2.93. The van der Waals surface area contributed by atoms with Crippen molar-refractivity contribution in [1.82, 2.24) is 4.90 Å². The number of rotatable bonds is 3. The molecule has 0 unspecified atom stereocenters. The predicted octanol–water partition coefficient (Wildman–Crippen LogP) is 2.57. The molecule has 1 aliphatic rings. The molecule has 0 bridgehead atoms. The van der Waals surface area contributed by atoms with Crippen molar-refractivity contribution in [3.8, 4) is 11.8 Å². The zero-order valence-corrected chi connectivity index (χ0v) is 12.9. The molecule has 1 aromatic rings. The molecule has 0 heterocycles. The van der Waals surface area contributed by atoms with Gasteiger partial charge in [-0.05, 0) is 24.5 Å². The molecule has 2 rings (SSSR count). The third-order valence-electron chi connectivity index (χ3n) is 4.30. The first kappa shape index (κ1) is 15.6. The van der Waals surface area contributed by atoms with Crippen LogP contribution in [0, 0.1) is 17.3 Å². The molecule has 1 fully saturated rings. The summed E-state index contributed by atoms with van der Waals surface area (Å²) in [7, 11) is 1.86. The van der Waals surface area contributed by atoms with Crippen LogP contribution in [-0.4, -0.2) is 29.6 Å². The summed E-state index contributed by atoms with van der Waals surface area (Å²) in [5.74, 6) is 5.85. The van der Waals surface area contributed by atoms with Gasteiger partial charge in [0.15, 0.2) is 0 Å². The van der Waals surface area contributed by atoms with Crippen molar-refractivity contribution in [1.29, 1.82) is 0 Å². The molecule has 0 saturated heterocycles. The van der Waals surface area contributed by atoms with E-state index in [1.165, 1.54) is 0 Å². The van der Waals surface area contributed by atoms with Gasteiger partial charge in [0.05, 0.1) is 0 Å². The van der Waals surface area contributed by atoms with E-state index in [4.69, 9.17) is 5.11 Å². The molecule has 0 aliphatic heterocycles. The van der Waals surface area contributed by atoms with Gasteiger partial charge in [-0.15, -0.1) is 0 Å². The largest absolute Gasteiger partial charge is 0.384 e. The summed E-state index contributed by atoms with van der Waals surface area (Å²) < 4.78 is 0. The summed E-state index contributed by atoms with van der Waals surface area (Å²) in [6.45, 7) is 2.49. The normalized spacial score (nSPS) is 16.1. The lowest BCUT2D eigenvalue weighted by molar-refractivity contribution is -0.140. The third kappa shape index (κ3) is 3.65. The Bertz CT molecular complexity index is 562. The van der Waals surface area contributed by atoms with Crippen molar-refractivity contribution in [2.45, 2.75) is 39.2 Å². The van der Waals surface area contributed by atoms with Crippen molar-refractivity contribution in [3.05, 3.63) is 35.4 Å². The van der Waals surface area contributed by atoms with Crippen LogP contribution in [0.25, 0.3) is 0 Å². The van der Waals surface area contributed by atoms with Crippen LogP contribution < -0.4 is 0 Å². The molecule has 112 valence electrons. The van der Waals surface area contributed by atoms with Crippen LogP contribution in [0.1, 0.15) is 43.7 Å². The summed E-state index contributed by atoms with van der Waals surface area (Å²) in [6, 6.07) is 7.79. The number of carbonyl (C=O) groups is 1. The first-order valence-corrected chi connectivity index (χ1v) is 7.50. The van der Waals surface area contributed by atoms with Gasteiger partial charge in [0.2, 0.25) is 5.91 Å². The molecular weight excluding hydrogens is 262 g/mol. The second-order valence-electron chi connectivity index (χ2n) is 6.05. The highest BCUT2D eigenvalue weighted by Crippen LogP contribution is 2.39. The fraction of sp³-hybridized carbons (Fsp3) is 0.500. The van der Waals surface area contributed by atoms with Gasteiger partial charge in [-0.2, -0.15) is 0 Å². The molecule has 0 radical (unpaired) electrons. The summed E-state index contributed by atoms with van der Waals surface area (Å²) in [5, 5.41) is 8.83. The summed E-state index contributed by atoms with van der Waals surface area (Å²) in [6.07, 6.45) is 4.27. The van der Waals surface area contributed by atoms with Gasteiger partial charge in [-0.1, -0.05) is 49.8 Å². The summed E-state index contributed by atoms with van der Waals surface area (Å²) in [5.41, 5.74) is 1.71. The zero-order valence-electron chi connectivity index (χ0n) is 12.9. The van der Waals surface area contributed by atoms with Crippen molar-refractivity contribution in [3.63, 3.8) is 0 Å². The monoisotopic (exact) mass is 285 g/mol. The van der Waals surface area contributed by atoms with Crippen LogP contribution in [-0.2, 0) is 11.3 Å². The molecule has 0 spiro atoms. The van der Waals surface area contributed by atoms with Gasteiger partial charge in [0.25, 0.3) is 0 Å². The maximum Gasteiger partial charge on any atom is 0.228 e. The standard InChI is InChI=1S/C18H23NO2/c1-18(11-5-6-12-18)17(21)19(2)14-16-9-4-3-8-15(16)10-7-13-20/h3-4,8-9,20H,5-6,11-14H2,1-2H3. The van der Waals surface area contributed by atoms with Crippen molar-refractivity contribution >= 4 is 5.91 Å². The van der Waals surface area contributed by atoms with Crippen LogP contribution in [0.5, 0.6) is 0 Å². The van der Waals surface area contributed by atoms with E-state index in [9.17, 15) is 4.79 Å². The lowest BCUT2D eigenvalue weighted by Crippen LogP contribution is -2.38. The SMILES string of the molecule is CN(Cc1ccccc1C#CCO)C(=O)C1(C)CCCC1. The highest BCUT2D eigenvalue weighted by molar-refractivity contribution is 5.82. The third-order valence-corrected chi connectivity index (χ3v) is 4.30. The Balaban J connectivity index is 2.12. The van der Waals surface area contributed by atoms with Gasteiger partial charge in [-0.3, -0.25) is 4.79 Å². The average molecular weight is 285 g/mol. The van der Waals surface area contributed by atoms with Gasteiger partial charge in [0.1, 0.15) is 6.61 Å². The van der Waals surface area contributed by atoms with Crippen LogP contribution in [0.3, 0.4) is 0 Å². The number of amides is 1. The Kier molecular flexibility index (Phi) is 5.03. The predicted molar refractivity (Wildman–Crippen MR) is 83.5 cm³/mol. The van der Waals surface area contributed by atoms with Gasteiger partial charge < -0.3 is 10.0 Å². The zero-order chi connectivity index (χ0) is 15.3. The number of nitrogens with zero attached hydrogens (tertiary/aromatic N) is 1. The molecule has 3 nitrogen and oxygen atoms in total. The second-order valence-corrected chi connectivity index (χ2v) is 6.05. The Labute approximate surface area is 127 Å². The molecule has 1 aromatic carbocycles. The van der Waals surface area contributed by atoms with Crippen molar-refractivity contribution in [2.75, 3.05) is 13.7 Å². The maximum atomic E-state index is 12.6. The molecule has 3 heteroatoms. The number of hydrogen-bond donors (Lipinski definition) is 1. The Morgan fingerprint density at radius 2 is 2.00 bits per heavy atom. The lowest BCUT2D eigenvalue weighted by atomic mass is 9.87. The quantitative estimate of drug-likeness (QED) is 0.867. The van der Waals surface area contributed by atoms with Crippen LogP contribution in [0.2, 0.25) is 0 Å². The van der Waals surface area contributed by atoms with Crippen molar-refractivity contribution < 1.29 is 9.90 Å². The van der Waals surface area contributed by atoms with E-state index in [1.54, 1.807) is 0 Å². The molecule has 0 atom stereocenters. The van der Waals surface area contributed by atoms with E-state index < -0.39 is 0 Å². The van der Waals surface area contributed by atoms with E-state index in [1.807, 2.05) is 36.2 Å². The second kappa shape index (κ2) is 6.78. The molecule has 1 N–H and O–H groups in total. The minimum atomic E-state index is -0.194. The maximum absolute atomic E-state index is 12.6. The minimum absolute atomic E-state index is 0.152. The first-order chi connectivity index (χ1) is 10.1. The van der Waals surface area contributed by atoms with Crippen LogP contribution in [0.15, 0.2) is 24.3 Å². The minimum Gasteiger partial charge on any atom is -0.384 e. The summed E-state index contributed by atoms with van der Waals surface area (Å²) >= 11 is 0.